The predicted octanol–water partition coefficient (Wildman–Crippen LogP) is 1.07. The van der Waals surface area contributed by atoms with Crippen LogP contribution in [0.1, 0.15) is 37.0 Å². The van der Waals surface area contributed by atoms with Gasteiger partial charge in [0, 0.05) is 31.7 Å². The number of nitrogens with one attached hydrogen (secondary N) is 1. The lowest BCUT2D eigenvalue weighted by Gasteiger charge is -2.36. The number of hydrogen-bond donors (Lipinski definition) is 1. The number of amides is 2. The van der Waals surface area contributed by atoms with Crippen LogP contribution in [-0.4, -0.2) is 61.7 Å². The van der Waals surface area contributed by atoms with E-state index in [4.69, 9.17) is 0 Å². The molecule has 0 aromatic heterocycles. The van der Waals surface area contributed by atoms with Crippen molar-refractivity contribution in [2.45, 2.75) is 43.7 Å². The number of piperidine rings is 1. The number of benzene rings is 1. The molecular weight excluding hydrogens is 354 g/mol. The van der Waals surface area contributed by atoms with Crippen LogP contribution in [0.5, 0.6) is 0 Å². The van der Waals surface area contributed by atoms with Crippen LogP contribution in [0.2, 0.25) is 0 Å². The Hall–Kier alpha value is -1.93. The van der Waals surface area contributed by atoms with E-state index in [0.717, 1.165) is 12.8 Å². The van der Waals surface area contributed by atoms with Crippen molar-refractivity contribution in [2.24, 2.45) is 5.92 Å². The summed E-state index contributed by atoms with van der Waals surface area (Å²) in [5.41, 5.74) is 0.336. The Kier molecular flexibility index (Phi) is 5.07. The van der Waals surface area contributed by atoms with Crippen LogP contribution < -0.4 is 5.32 Å². The monoisotopic (exact) mass is 379 g/mol. The highest BCUT2D eigenvalue weighted by molar-refractivity contribution is 7.89. The molecule has 8 heteroatoms. The standard InChI is InChI=1S/C18H25N3O4S/c1-12(2)20(3)26(24,25)14-7-4-6-13(10-14)18(23)21-9-5-8-15-16(21)11-19-17(15)22/h4,6-7,10,12,15-16H,5,8-9,11H2,1-3H3,(H,19,22)/t15-,16-/m0/s1. The smallest absolute Gasteiger partial charge is 0.254 e. The van der Waals surface area contributed by atoms with Crippen LogP contribution >= 0.6 is 0 Å². The highest BCUT2D eigenvalue weighted by Gasteiger charge is 2.42. The second-order valence-electron chi connectivity index (χ2n) is 7.20. The van der Waals surface area contributed by atoms with Gasteiger partial charge in [-0.1, -0.05) is 6.07 Å². The van der Waals surface area contributed by atoms with Crippen molar-refractivity contribution in [3.05, 3.63) is 29.8 Å². The summed E-state index contributed by atoms with van der Waals surface area (Å²) in [7, 11) is -2.13. The number of carbonyl (C=O) groups is 2. The van der Waals surface area contributed by atoms with E-state index >= 15 is 0 Å². The lowest BCUT2D eigenvalue weighted by atomic mass is 9.91. The molecule has 2 aliphatic heterocycles. The fourth-order valence-electron chi connectivity index (χ4n) is 3.60. The molecule has 142 valence electrons. The van der Waals surface area contributed by atoms with E-state index in [2.05, 4.69) is 5.32 Å². The van der Waals surface area contributed by atoms with Crippen molar-refractivity contribution in [1.82, 2.24) is 14.5 Å². The topological polar surface area (TPSA) is 86.8 Å². The average molecular weight is 379 g/mol. The van der Waals surface area contributed by atoms with Crippen molar-refractivity contribution in [3.8, 4) is 0 Å². The van der Waals surface area contributed by atoms with E-state index in [1.54, 1.807) is 30.9 Å². The van der Waals surface area contributed by atoms with Crippen LogP contribution in [0.4, 0.5) is 0 Å². The van der Waals surface area contributed by atoms with Crippen molar-refractivity contribution in [2.75, 3.05) is 20.1 Å². The number of nitrogens with zero attached hydrogens (tertiary/aromatic N) is 2. The molecule has 3 rings (SSSR count). The summed E-state index contributed by atoms with van der Waals surface area (Å²) in [5, 5.41) is 2.83. The van der Waals surface area contributed by atoms with Gasteiger partial charge in [-0.25, -0.2) is 8.42 Å². The summed E-state index contributed by atoms with van der Waals surface area (Å²) in [6.45, 7) is 4.64. The molecule has 2 aliphatic rings. The predicted molar refractivity (Wildman–Crippen MR) is 97.1 cm³/mol. The fourth-order valence-corrected chi connectivity index (χ4v) is 5.02. The summed E-state index contributed by atoms with van der Waals surface area (Å²) in [6.07, 6.45) is 1.56. The molecule has 7 nitrogen and oxygen atoms in total. The van der Waals surface area contributed by atoms with Gasteiger partial charge in [0.25, 0.3) is 5.91 Å². The van der Waals surface area contributed by atoms with E-state index in [1.165, 1.54) is 23.5 Å². The highest BCUT2D eigenvalue weighted by Crippen LogP contribution is 2.29. The molecular formula is C18H25N3O4S. The van der Waals surface area contributed by atoms with Crippen molar-refractivity contribution in [1.29, 1.82) is 0 Å². The first-order chi connectivity index (χ1) is 12.2. The number of fused-ring (bicyclic) bond motifs is 1. The zero-order valence-electron chi connectivity index (χ0n) is 15.3. The highest BCUT2D eigenvalue weighted by atomic mass is 32.2. The van der Waals surface area contributed by atoms with Gasteiger partial charge in [-0.3, -0.25) is 9.59 Å². The lowest BCUT2D eigenvalue weighted by Crippen LogP contribution is -2.48. The lowest BCUT2D eigenvalue weighted by molar-refractivity contribution is -0.123. The first kappa shape index (κ1) is 18.8. The molecule has 0 unspecified atom stereocenters. The third-order valence-electron chi connectivity index (χ3n) is 5.35. The molecule has 2 saturated heterocycles. The molecule has 26 heavy (non-hydrogen) atoms. The van der Waals surface area contributed by atoms with Crippen LogP contribution in [0.3, 0.4) is 0 Å². The van der Waals surface area contributed by atoms with Crippen LogP contribution in [0, 0.1) is 5.92 Å². The fraction of sp³-hybridized carbons (Fsp3) is 0.556. The van der Waals surface area contributed by atoms with Crippen LogP contribution in [0.15, 0.2) is 29.2 Å². The molecule has 1 aromatic rings. The van der Waals surface area contributed by atoms with Gasteiger partial charge in [0.1, 0.15) is 0 Å². The minimum atomic E-state index is -3.66. The first-order valence-corrected chi connectivity index (χ1v) is 10.3. The van der Waals surface area contributed by atoms with Crippen molar-refractivity contribution >= 4 is 21.8 Å². The molecule has 2 atom stereocenters. The SMILES string of the molecule is CC(C)N(C)S(=O)(=O)c1cccc(C(=O)N2CCC[C@@H]3C(=O)NC[C@@H]32)c1. The van der Waals surface area contributed by atoms with E-state index in [0.29, 0.717) is 18.7 Å². The van der Waals surface area contributed by atoms with Gasteiger partial charge in [-0.05, 0) is 44.9 Å². The third kappa shape index (κ3) is 3.23. The van der Waals surface area contributed by atoms with E-state index < -0.39 is 10.0 Å². The zero-order chi connectivity index (χ0) is 19.1. The van der Waals surface area contributed by atoms with Gasteiger partial charge >= 0.3 is 0 Å². The summed E-state index contributed by atoms with van der Waals surface area (Å²) in [4.78, 5) is 26.7. The Morgan fingerprint density at radius 3 is 2.77 bits per heavy atom. The molecule has 0 bridgehead atoms. The number of likely N-dealkylation sites (tertiary alicyclic amines) is 1. The van der Waals surface area contributed by atoms with Crippen LogP contribution in [0.25, 0.3) is 0 Å². The maximum Gasteiger partial charge on any atom is 0.254 e. The maximum absolute atomic E-state index is 13.0. The molecule has 0 aliphatic carbocycles. The van der Waals surface area contributed by atoms with E-state index in [1.807, 2.05) is 0 Å². The minimum absolute atomic E-state index is 0.00221. The molecule has 1 N–H and O–H groups in total. The molecule has 0 saturated carbocycles. The second kappa shape index (κ2) is 7.00. The minimum Gasteiger partial charge on any atom is -0.354 e. The van der Waals surface area contributed by atoms with Gasteiger partial charge in [0.15, 0.2) is 0 Å². The quantitative estimate of drug-likeness (QED) is 0.848. The molecule has 0 radical (unpaired) electrons. The average Bonchev–Trinajstić information content (AvgIpc) is 3.01. The number of rotatable bonds is 4. The summed E-state index contributed by atoms with van der Waals surface area (Å²) < 4.78 is 26.7. The third-order valence-corrected chi connectivity index (χ3v) is 7.38. The van der Waals surface area contributed by atoms with Gasteiger partial charge < -0.3 is 10.2 Å². The molecule has 2 fully saturated rings. The van der Waals surface area contributed by atoms with Crippen LogP contribution in [-0.2, 0) is 14.8 Å². The van der Waals surface area contributed by atoms with Gasteiger partial charge in [0.05, 0.1) is 16.9 Å². The molecule has 2 amide bonds. The molecule has 1 aromatic carbocycles. The largest absolute Gasteiger partial charge is 0.354 e. The van der Waals surface area contributed by atoms with E-state index in [9.17, 15) is 18.0 Å². The Labute approximate surface area is 154 Å². The van der Waals surface area contributed by atoms with Gasteiger partial charge in [-0.15, -0.1) is 0 Å². The molecule has 2 heterocycles. The van der Waals surface area contributed by atoms with Gasteiger partial charge in [0.2, 0.25) is 15.9 Å². The Morgan fingerprint density at radius 2 is 2.08 bits per heavy atom. The summed E-state index contributed by atoms with van der Waals surface area (Å²) >= 11 is 0. The maximum atomic E-state index is 13.0. The summed E-state index contributed by atoms with van der Waals surface area (Å²) in [5.74, 6) is -0.380. The number of carbonyl (C=O) groups excluding carboxylic acids is 2. The Morgan fingerprint density at radius 1 is 1.35 bits per heavy atom. The van der Waals surface area contributed by atoms with Gasteiger partial charge in [-0.2, -0.15) is 4.31 Å². The number of hydrogen-bond acceptors (Lipinski definition) is 4. The van der Waals surface area contributed by atoms with E-state index in [-0.39, 0.29) is 34.7 Å². The Balaban J connectivity index is 1.88. The normalized spacial score (nSPS) is 23.3. The first-order valence-electron chi connectivity index (χ1n) is 8.90. The summed E-state index contributed by atoms with van der Waals surface area (Å²) in [6, 6.07) is 5.83. The Bertz CT molecular complexity index is 821. The second-order valence-corrected chi connectivity index (χ2v) is 9.20. The molecule has 0 spiro atoms. The number of sulfonamides is 1. The zero-order valence-corrected chi connectivity index (χ0v) is 16.1. The van der Waals surface area contributed by atoms with Crippen molar-refractivity contribution in [3.63, 3.8) is 0 Å². The van der Waals surface area contributed by atoms with Crippen molar-refractivity contribution < 1.29 is 18.0 Å².